The molecule has 0 saturated carbocycles. The molecule has 0 N–H and O–H groups in total. The van der Waals surface area contributed by atoms with Gasteiger partial charge in [-0.05, 0) is 44.2 Å². The van der Waals surface area contributed by atoms with Crippen LogP contribution in [0.15, 0.2) is 41.2 Å². The van der Waals surface area contributed by atoms with E-state index in [0.717, 1.165) is 41.2 Å². The van der Waals surface area contributed by atoms with Crippen molar-refractivity contribution in [1.29, 1.82) is 0 Å². The number of aryl methyl sites for hydroxylation is 2. The van der Waals surface area contributed by atoms with Crippen molar-refractivity contribution >= 4 is 5.91 Å². The molecular formula is C22H23FN4O2. The summed E-state index contributed by atoms with van der Waals surface area (Å²) in [6.45, 7) is 5.09. The molecule has 150 valence electrons. The smallest absolute Gasteiger partial charge is 0.227 e. The van der Waals surface area contributed by atoms with Gasteiger partial charge in [0.1, 0.15) is 11.6 Å². The van der Waals surface area contributed by atoms with Crippen molar-refractivity contribution in [3.63, 3.8) is 0 Å². The summed E-state index contributed by atoms with van der Waals surface area (Å²) in [4.78, 5) is 23.4. The Morgan fingerprint density at radius 3 is 2.86 bits per heavy atom. The topological polar surface area (TPSA) is 72.1 Å². The molecular weight excluding hydrogens is 371 g/mol. The number of amides is 1. The van der Waals surface area contributed by atoms with Crippen LogP contribution in [-0.2, 0) is 17.6 Å². The molecule has 0 aliphatic carbocycles. The molecule has 1 aliphatic heterocycles. The molecule has 1 amide bonds. The Labute approximate surface area is 168 Å². The predicted octanol–water partition coefficient (Wildman–Crippen LogP) is 3.52. The van der Waals surface area contributed by atoms with E-state index in [1.54, 1.807) is 30.6 Å². The molecule has 0 spiro atoms. The fourth-order valence-electron chi connectivity index (χ4n) is 3.91. The lowest BCUT2D eigenvalue weighted by Gasteiger charge is -2.17. The Hall–Kier alpha value is -3.09. The summed E-state index contributed by atoms with van der Waals surface area (Å²) >= 11 is 0. The van der Waals surface area contributed by atoms with E-state index in [4.69, 9.17) is 9.51 Å². The Balaban J connectivity index is 1.40. The molecule has 1 atom stereocenters. The SMILES string of the molecule is Cc1noc(C)c1-c1cncc(CC2CCN(C(=O)Cc3ccccc3F)C2)n1. The first-order valence-corrected chi connectivity index (χ1v) is 9.76. The maximum atomic E-state index is 13.8. The van der Waals surface area contributed by atoms with Crippen LogP contribution in [0.5, 0.6) is 0 Å². The zero-order chi connectivity index (χ0) is 20.4. The van der Waals surface area contributed by atoms with Crippen LogP contribution in [0.4, 0.5) is 4.39 Å². The van der Waals surface area contributed by atoms with Gasteiger partial charge in [0.25, 0.3) is 0 Å². The number of hydrogen-bond acceptors (Lipinski definition) is 5. The summed E-state index contributed by atoms with van der Waals surface area (Å²) in [6, 6.07) is 6.44. The number of carbonyl (C=O) groups is 1. The van der Waals surface area contributed by atoms with Crippen molar-refractivity contribution in [3.8, 4) is 11.3 Å². The Kier molecular flexibility index (Phi) is 5.38. The van der Waals surface area contributed by atoms with Gasteiger partial charge < -0.3 is 9.42 Å². The molecule has 1 fully saturated rings. The Morgan fingerprint density at radius 1 is 1.28 bits per heavy atom. The van der Waals surface area contributed by atoms with Crippen LogP contribution < -0.4 is 0 Å². The van der Waals surface area contributed by atoms with E-state index in [9.17, 15) is 9.18 Å². The van der Waals surface area contributed by atoms with Crippen LogP contribution in [0.2, 0.25) is 0 Å². The van der Waals surface area contributed by atoms with E-state index in [-0.39, 0.29) is 18.1 Å². The highest BCUT2D eigenvalue weighted by molar-refractivity contribution is 5.79. The molecule has 2 aromatic heterocycles. The summed E-state index contributed by atoms with van der Waals surface area (Å²) in [6.07, 6.45) is 5.23. The summed E-state index contributed by atoms with van der Waals surface area (Å²) in [5.41, 5.74) is 3.76. The largest absolute Gasteiger partial charge is 0.361 e. The molecule has 3 aromatic rings. The van der Waals surface area contributed by atoms with Gasteiger partial charge in [-0.25, -0.2) is 9.37 Å². The second-order valence-electron chi connectivity index (χ2n) is 7.56. The molecule has 1 saturated heterocycles. The lowest BCUT2D eigenvalue weighted by Crippen LogP contribution is -2.30. The molecule has 4 rings (SSSR count). The first-order chi connectivity index (χ1) is 14.0. The lowest BCUT2D eigenvalue weighted by molar-refractivity contribution is -0.129. The molecule has 29 heavy (non-hydrogen) atoms. The highest BCUT2D eigenvalue weighted by Crippen LogP contribution is 2.26. The fraction of sp³-hybridized carbons (Fsp3) is 0.364. The molecule has 1 aliphatic rings. The van der Waals surface area contributed by atoms with Crippen molar-refractivity contribution in [2.75, 3.05) is 13.1 Å². The molecule has 0 radical (unpaired) electrons. The fourth-order valence-corrected chi connectivity index (χ4v) is 3.91. The first-order valence-electron chi connectivity index (χ1n) is 9.76. The van der Waals surface area contributed by atoms with Gasteiger partial charge in [-0.2, -0.15) is 0 Å². The van der Waals surface area contributed by atoms with Crippen LogP contribution in [0.3, 0.4) is 0 Å². The maximum absolute atomic E-state index is 13.8. The molecule has 6 nitrogen and oxygen atoms in total. The summed E-state index contributed by atoms with van der Waals surface area (Å²) < 4.78 is 19.0. The third-order valence-electron chi connectivity index (χ3n) is 5.41. The van der Waals surface area contributed by atoms with Crippen molar-refractivity contribution in [3.05, 3.63) is 65.2 Å². The average molecular weight is 394 g/mol. The average Bonchev–Trinajstić information content (AvgIpc) is 3.30. The maximum Gasteiger partial charge on any atom is 0.227 e. The molecule has 1 unspecified atom stereocenters. The van der Waals surface area contributed by atoms with Gasteiger partial charge in [-0.15, -0.1) is 0 Å². The first kappa shape index (κ1) is 19.2. The zero-order valence-electron chi connectivity index (χ0n) is 16.6. The number of halogens is 1. The van der Waals surface area contributed by atoms with E-state index in [2.05, 4.69) is 10.1 Å². The van der Waals surface area contributed by atoms with Crippen molar-refractivity contribution in [2.45, 2.75) is 33.1 Å². The number of likely N-dealkylation sites (tertiary alicyclic amines) is 1. The highest BCUT2D eigenvalue weighted by atomic mass is 19.1. The van der Waals surface area contributed by atoms with E-state index >= 15 is 0 Å². The molecule has 1 aromatic carbocycles. The minimum atomic E-state index is -0.331. The molecule has 3 heterocycles. The summed E-state index contributed by atoms with van der Waals surface area (Å²) in [5.74, 6) is 0.671. The van der Waals surface area contributed by atoms with Crippen molar-refractivity contribution in [2.24, 2.45) is 5.92 Å². The van der Waals surface area contributed by atoms with Gasteiger partial charge in [0.15, 0.2) is 0 Å². The minimum Gasteiger partial charge on any atom is -0.361 e. The van der Waals surface area contributed by atoms with Gasteiger partial charge in [-0.3, -0.25) is 9.78 Å². The quantitative estimate of drug-likeness (QED) is 0.662. The number of nitrogens with zero attached hydrogens (tertiary/aromatic N) is 4. The number of hydrogen-bond donors (Lipinski definition) is 0. The summed E-state index contributed by atoms with van der Waals surface area (Å²) in [5, 5.41) is 3.98. The van der Waals surface area contributed by atoms with Gasteiger partial charge in [0.2, 0.25) is 5.91 Å². The standard InChI is InChI=1S/C22H23FN4O2/c1-14-22(15(2)29-26-14)20-12-24-11-18(25-20)9-16-7-8-27(13-16)21(28)10-17-5-3-4-6-19(17)23/h3-6,11-12,16H,7-10,13H2,1-2H3. The monoisotopic (exact) mass is 394 g/mol. The minimum absolute atomic E-state index is 0.0341. The van der Waals surface area contributed by atoms with Crippen molar-refractivity contribution < 1.29 is 13.7 Å². The predicted molar refractivity (Wildman–Crippen MR) is 105 cm³/mol. The number of carbonyl (C=O) groups excluding carboxylic acids is 1. The van der Waals surface area contributed by atoms with Crippen molar-refractivity contribution in [1.82, 2.24) is 20.0 Å². The van der Waals surface area contributed by atoms with E-state index in [1.807, 2.05) is 18.7 Å². The van der Waals surface area contributed by atoms with Crippen LogP contribution >= 0.6 is 0 Å². The van der Waals surface area contributed by atoms with Crippen LogP contribution in [-0.4, -0.2) is 39.0 Å². The summed E-state index contributed by atoms with van der Waals surface area (Å²) in [7, 11) is 0. The van der Waals surface area contributed by atoms with Gasteiger partial charge in [0, 0.05) is 19.3 Å². The molecule has 7 heteroatoms. The second kappa shape index (κ2) is 8.11. The highest BCUT2D eigenvalue weighted by Gasteiger charge is 2.27. The third kappa shape index (κ3) is 4.18. The number of benzene rings is 1. The Morgan fingerprint density at radius 2 is 2.10 bits per heavy atom. The van der Waals surface area contributed by atoms with Crippen LogP contribution in [0, 0.1) is 25.6 Å². The normalized spacial score (nSPS) is 16.4. The van der Waals surface area contributed by atoms with E-state index in [0.29, 0.717) is 24.6 Å². The Bertz CT molecular complexity index is 1010. The van der Waals surface area contributed by atoms with Crippen LogP contribution in [0.25, 0.3) is 11.3 Å². The zero-order valence-corrected chi connectivity index (χ0v) is 16.6. The van der Waals surface area contributed by atoms with Gasteiger partial charge in [-0.1, -0.05) is 23.4 Å². The molecule has 0 bridgehead atoms. The second-order valence-corrected chi connectivity index (χ2v) is 7.56. The third-order valence-corrected chi connectivity index (χ3v) is 5.41. The number of rotatable bonds is 5. The van der Waals surface area contributed by atoms with E-state index in [1.165, 1.54) is 6.07 Å². The van der Waals surface area contributed by atoms with Crippen LogP contribution in [0.1, 0.15) is 29.1 Å². The lowest BCUT2D eigenvalue weighted by atomic mass is 10.0. The van der Waals surface area contributed by atoms with Gasteiger partial charge in [0.05, 0.1) is 35.3 Å². The van der Waals surface area contributed by atoms with Gasteiger partial charge >= 0.3 is 0 Å². The van der Waals surface area contributed by atoms with E-state index < -0.39 is 0 Å². The number of aromatic nitrogens is 3.